The molecular weight excluding hydrogens is 279 g/mol. The van der Waals surface area contributed by atoms with Crippen LogP contribution < -0.4 is 0 Å². The Morgan fingerprint density at radius 2 is 1.39 bits per heavy atom. The predicted molar refractivity (Wildman–Crippen MR) is 66.5 cm³/mol. The summed E-state index contributed by atoms with van der Waals surface area (Å²) in [5, 5.41) is 9.17. The van der Waals surface area contributed by atoms with E-state index in [2.05, 4.69) is 0 Å². The summed E-state index contributed by atoms with van der Waals surface area (Å²) in [4.78, 5) is 0. The number of nitrogens with zero attached hydrogens (tertiary/aromatic N) is 1. The van der Waals surface area contributed by atoms with Crippen LogP contribution in [-0.2, 0) is 0 Å². The molecule has 2 aromatic rings. The molecule has 0 fully saturated rings. The maximum atomic E-state index is 13.8. The molecule has 0 atom stereocenters. The fraction of sp³-hybridized carbons (Fsp3) is 0. The van der Waals surface area contributed by atoms with Crippen LogP contribution in [0.25, 0.3) is 11.1 Å². The highest BCUT2D eigenvalue weighted by molar-refractivity contribution is 6.35. The van der Waals surface area contributed by atoms with E-state index in [-0.39, 0.29) is 26.7 Å². The van der Waals surface area contributed by atoms with Crippen LogP contribution in [0.1, 0.15) is 5.56 Å². The van der Waals surface area contributed by atoms with Crippen molar-refractivity contribution >= 4 is 23.2 Å². The molecule has 0 N–H and O–H groups in total. The van der Waals surface area contributed by atoms with Crippen LogP contribution in [0.4, 0.5) is 8.78 Å². The van der Waals surface area contributed by atoms with Gasteiger partial charge in [-0.05, 0) is 35.9 Å². The first-order chi connectivity index (χ1) is 8.51. The van der Waals surface area contributed by atoms with Gasteiger partial charge in [0.25, 0.3) is 0 Å². The van der Waals surface area contributed by atoms with E-state index in [1.807, 2.05) is 0 Å². The molecule has 0 heterocycles. The quantitative estimate of drug-likeness (QED) is 0.737. The molecule has 0 spiro atoms. The van der Waals surface area contributed by atoms with E-state index in [1.54, 1.807) is 6.07 Å². The van der Waals surface area contributed by atoms with Crippen molar-refractivity contribution in [1.29, 1.82) is 5.26 Å². The molecule has 0 aliphatic rings. The van der Waals surface area contributed by atoms with Gasteiger partial charge in [0.05, 0.1) is 17.2 Å². The van der Waals surface area contributed by atoms with Crippen LogP contribution in [0.15, 0.2) is 30.3 Å². The maximum absolute atomic E-state index is 13.8. The molecular formula is C13H5Cl2F2N. The van der Waals surface area contributed by atoms with Crippen LogP contribution in [0, 0.1) is 23.0 Å². The lowest BCUT2D eigenvalue weighted by molar-refractivity contribution is 0.589. The fourth-order valence-corrected chi connectivity index (χ4v) is 2.14. The summed E-state index contributed by atoms with van der Waals surface area (Å²) in [6, 6.07) is 7.88. The third kappa shape index (κ3) is 2.45. The second kappa shape index (κ2) is 4.93. The number of benzene rings is 2. The van der Waals surface area contributed by atoms with Gasteiger partial charge in [-0.3, -0.25) is 0 Å². The van der Waals surface area contributed by atoms with Crippen molar-refractivity contribution in [2.75, 3.05) is 0 Å². The number of hydrogen-bond donors (Lipinski definition) is 0. The van der Waals surface area contributed by atoms with Gasteiger partial charge in [0.1, 0.15) is 11.6 Å². The smallest absolute Gasteiger partial charge is 0.135 e. The maximum Gasteiger partial charge on any atom is 0.135 e. The Hall–Kier alpha value is -1.63. The molecule has 0 aliphatic carbocycles. The zero-order chi connectivity index (χ0) is 13.3. The van der Waals surface area contributed by atoms with Crippen molar-refractivity contribution < 1.29 is 8.78 Å². The lowest BCUT2D eigenvalue weighted by Gasteiger charge is -2.07. The summed E-state index contributed by atoms with van der Waals surface area (Å²) in [5.74, 6) is -1.66. The predicted octanol–water partition coefficient (Wildman–Crippen LogP) is 4.81. The normalized spacial score (nSPS) is 10.2. The van der Waals surface area contributed by atoms with E-state index in [4.69, 9.17) is 28.5 Å². The third-order valence-electron chi connectivity index (χ3n) is 2.32. The molecule has 2 rings (SSSR count). The topological polar surface area (TPSA) is 23.8 Å². The van der Waals surface area contributed by atoms with Crippen LogP contribution in [0.5, 0.6) is 0 Å². The van der Waals surface area contributed by atoms with Crippen LogP contribution in [0.3, 0.4) is 0 Å². The summed E-state index contributed by atoms with van der Waals surface area (Å²) in [6.45, 7) is 0. The van der Waals surface area contributed by atoms with E-state index in [1.165, 1.54) is 18.2 Å². The molecule has 0 aliphatic heterocycles. The highest BCUT2D eigenvalue weighted by Crippen LogP contribution is 2.31. The van der Waals surface area contributed by atoms with Crippen LogP contribution in [0.2, 0.25) is 10.0 Å². The van der Waals surface area contributed by atoms with Crippen molar-refractivity contribution in [2.24, 2.45) is 0 Å². The molecule has 0 radical (unpaired) electrons. The summed E-state index contributed by atoms with van der Waals surface area (Å²) in [7, 11) is 0. The Balaban J connectivity index is 2.68. The Labute approximate surface area is 112 Å². The number of halogens is 4. The first kappa shape index (κ1) is 12.8. The number of nitriles is 1. The van der Waals surface area contributed by atoms with E-state index < -0.39 is 11.6 Å². The lowest BCUT2D eigenvalue weighted by atomic mass is 10.0. The zero-order valence-corrected chi connectivity index (χ0v) is 10.4. The average Bonchev–Trinajstić information content (AvgIpc) is 2.26. The minimum atomic E-state index is -0.829. The van der Waals surface area contributed by atoms with Gasteiger partial charge < -0.3 is 0 Å². The monoisotopic (exact) mass is 283 g/mol. The third-order valence-corrected chi connectivity index (χ3v) is 2.76. The molecule has 0 unspecified atom stereocenters. The van der Waals surface area contributed by atoms with Gasteiger partial charge >= 0.3 is 0 Å². The molecule has 1 nitrogen and oxygen atoms in total. The van der Waals surface area contributed by atoms with Crippen molar-refractivity contribution in [3.05, 3.63) is 57.6 Å². The first-order valence-corrected chi connectivity index (χ1v) is 5.62. The van der Waals surface area contributed by atoms with Crippen molar-refractivity contribution in [1.82, 2.24) is 0 Å². The van der Waals surface area contributed by atoms with Gasteiger partial charge in [0.15, 0.2) is 0 Å². The van der Waals surface area contributed by atoms with E-state index in [0.29, 0.717) is 0 Å². The number of hydrogen-bond acceptors (Lipinski definition) is 1. The van der Waals surface area contributed by atoms with Crippen molar-refractivity contribution in [3.8, 4) is 17.2 Å². The lowest BCUT2D eigenvalue weighted by Crippen LogP contribution is -1.92. The molecule has 0 amide bonds. The minimum Gasteiger partial charge on any atom is -0.206 e. The van der Waals surface area contributed by atoms with Crippen molar-refractivity contribution in [3.63, 3.8) is 0 Å². The Morgan fingerprint density at radius 1 is 0.889 bits per heavy atom. The first-order valence-electron chi connectivity index (χ1n) is 4.87. The SMILES string of the molecule is N#Cc1cc(F)c(-c2cc(Cl)cc(Cl)c2)c(F)c1. The van der Waals surface area contributed by atoms with E-state index in [0.717, 1.165) is 12.1 Å². The minimum absolute atomic E-state index is 0.0816. The highest BCUT2D eigenvalue weighted by atomic mass is 35.5. The summed E-state index contributed by atoms with van der Waals surface area (Å²) < 4.78 is 27.5. The summed E-state index contributed by atoms with van der Waals surface area (Å²) in [6.07, 6.45) is 0. The second-order valence-corrected chi connectivity index (χ2v) is 4.46. The Morgan fingerprint density at radius 3 is 1.83 bits per heavy atom. The second-order valence-electron chi connectivity index (χ2n) is 3.58. The molecule has 0 saturated carbocycles. The van der Waals surface area contributed by atoms with E-state index in [9.17, 15) is 8.78 Å². The highest BCUT2D eigenvalue weighted by Gasteiger charge is 2.14. The zero-order valence-electron chi connectivity index (χ0n) is 8.85. The van der Waals surface area contributed by atoms with Gasteiger partial charge in [-0.25, -0.2) is 8.78 Å². The average molecular weight is 284 g/mol. The Bertz CT molecular complexity index is 619. The largest absolute Gasteiger partial charge is 0.206 e. The molecule has 0 bridgehead atoms. The van der Waals surface area contributed by atoms with Gasteiger partial charge in [-0.2, -0.15) is 5.26 Å². The van der Waals surface area contributed by atoms with Gasteiger partial charge in [-0.1, -0.05) is 23.2 Å². The molecule has 0 aromatic heterocycles. The van der Waals surface area contributed by atoms with Gasteiger partial charge in [0, 0.05) is 10.0 Å². The van der Waals surface area contributed by atoms with Crippen LogP contribution in [-0.4, -0.2) is 0 Å². The summed E-state index contributed by atoms with van der Waals surface area (Å²) in [5.41, 5.74) is -0.104. The van der Waals surface area contributed by atoms with Gasteiger partial charge in [-0.15, -0.1) is 0 Å². The standard InChI is InChI=1S/C13H5Cl2F2N/c14-9-3-8(4-10(15)5-9)13-11(16)1-7(6-18)2-12(13)17/h1-5H. The van der Waals surface area contributed by atoms with Crippen LogP contribution >= 0.6 is 23.2 Å². The Kier molecular flexibility index (Phi) is 3.51. The number of rotatable bonds is 1. The molecule has 0 saturated heterocycles. The molecule has 2 aromatic carbocycles. The van der Waals surface area contributed by atoms with Gasteiger partial charge in [0.2, 0.25) is 0 Å². The molecule has 5 heteroatoms. The molecule has 18 heavy (non-hydrogen) atoms. The van der Waals surface area contributed by atoms with E-state index >= 15 is 0 Å². The van der Waals surface area contributed by atoms with Crippen molar-refractivity contribution in [2.45, 2.75) is 0 Å². The molecule has 90 valence electrons. The summed E-state index contributed by atoms with van der Waals surface area (Å²) >= 11 is 11.6. The fourth-order valence-electron chi connectivity index (χ4n) is 1.61.